The highest BCUT2D eigenvalue weighted by Crippen LogP contribution is 2.21. The maximum absolute atomic E-state index is 12.2. The minimum atomic E-state index is -0.370. The zero-order chi connectivity index (χ0) is 13.8. The van der Waals surface area contributed by atoms with Gasteiger partial charge in [-0.2, -0.15) is 0 Å². The van der Waals surface area contributed by atoms with Crippen LogP contribution in [0.4, 0.5) is 0 Å². The molecular weight excluding hydrogens is 240 g/mol. The predicted octanol–water partition coefficient (Wildman–Crippen LogP) is 3.15. The molecule has 0 atom stereocenters. The summed E-state index contributed by atoms with van der Waals surface area (Å²) in [5, 5.41) is 0. The number of ketones is 1. The molecule has 3 nitrogen and oxygen atoms in total. The van der Waals surface area contributed by atoms with Gasteiger partial charge in [0.1, 0.15) is 5.75 Å². The molecule has 19 heavy (non-hydrogen) atoms. The fourth-order valence-corrected chi connectivity index (χ4v) is 1.82. The Morgan fingerprint density at radius 3 is 2.21 bits per heavy atom. The standard InChI is InChI=1S/C16H14O3/c1-11-10-14(8-9-15(11)19-12(2)17)16(18)13-6-4-3-5-7-13/h3-10H,1-2H3. The maximum Gasteiger partial charge on any atom is 0.308 e. The molecule has 96 valence electrons. The van der Waals surface area contributed by atoms with E-state index in [1.807, 2.05) is 18.2 Å². The van der Waals surface area contributed by atoms with Crippen molar-refractivity contribution in [1.82, 2.24) is 0 Å². The van der Waals surface area contributed by atoms with E-state index in [2.05, 4.69) is 0 Å². The fourth-order valence-electron chi connectivity index (χ4n) is 1.82. The molecule has 0 aliphatic carbocycles. The molecule has 0 heterocycles. The minimum absolute atomic E-state index is 0.0434. The zero-order valence-corrected chi connectivity index (χ0v) is 10.8. The molecule has 0 saturated heterocycles. The van der Waals surface area contributed by atoms with E-state index in [4.69, 9.17) is 4.74 Å². The zero-order valence-electron chi connectivity index (χ0n) is 10.8. The van der Waals surface area contributed by atoms with Crippen LogP contribution in [-0.4, -0.2) is 11.8 Å². The van der Waals surface area contributed by atoms with Gasteiger partial charge in [-0.1, -0.05) is 30.3 Å². The second kappa shape index (κ2) is 5.48. The third kappa shape index (κ3) is 3.07. The molecular formula is C16H14O3. The fraction of sp³-hybridized carbons (Fsp3) is 0.125. The normalized spacial score (nSPS) is 10.0. The van der Waals surface area contributed by atoms with Crippen LogP contribution in [0.3, 0.4) is 0 Å². The molecule has 0 aliphatic heterocycles. The summed E-state index contributed by atoms with van der Waals surface area (Å²) in [6, 6.07) is 14.1. The van der Waals surface area contributed by atoms with E-state index in [1.165, 1.54) is 6.92 Å². The predicted molar refractivity (Wildman–Crippen MR) is 72.4 cm³/mol. The summed E-state index contributed by atoms with van der Waals surface area (Å²) in [5.41, 5.74) is 1.98. The van der Waals surface area contributed by atoms with Crippen LogP contribution in [0.1, 0.15) is 28.4 Å². The Balaban J connectivity index is 2.30. The first-order valence-electron chi connectivity index (χ1n) is 5.97. The SMILES string of the molecule is CC(=O)Oc1ccc(C(=O)c2ccccc2)cc1C. The quantitative estimate of drug-likeness (QED) is 0.480. The van der Waals surface area contributed by atoms with Gasteiger partial charge in [0.25, 0.3) is 0 Å². The molecule has 2 aromatic carbocycles. The molecule has 2 aromatic rings. The summed E-state index contributed by atoms with van der Waals surface area (Å²) >= 11 is 0. The van der Waals surface area contributed by atoms with Gasteiger partial charge >= 0.3 is 5.97 Å². The smallest absolute Gasteiger partial charge is 0.308 e. The van der Waals surface area contributed by atoms with Gasteiger partial charge in [0.2, 0.25) is 0 Å². The van der Waals surface area contributed by atoms with Gasteiger partial charge in [0.05, 0.1) is 0 Å². The van der Waals surface area contributed by atoms with Gasteiger partial charge < -0.3 is 4.74 Å². The van der Waals surface area contributed by atoms with Crippen molar-refractivity contribution >= 4 is 11.8 Å². The van der Waals surface area contributed by atoms with E-state index in [0.29, 0.717) is 16.9 Å². The Bertz CT molecular complexity index is 615. The Labute approximate surface area is 111 Å². The molecule has 0 unspecified atom stereocenters. The Morgan fingerprint density at radius 1 is 0.947 bits per heavy atom. The number of aryl methyl sites for hydroxylation is 1. The van der Waals surface area contributed by atoms with Gasteiger partial charge in [0.15, 0.2) is 5.78 Å². The summed E-state index contributed by atoms with van der Waals surface area (Å²) in [5.74, 6) is 0.0698. The summed E-state index contributed by atoms with van der Waals surface area (Å²) in [4.78, 5) is 23.1. The first-order chi connectivity index (χ1) is 9.08. The summed E-state index contributed by atoms with van der Waals surface area (Å²) in [7, 11) is 0. The second-order valence-corrected chi connectivity index (χ2v) is 4.27. The highest BCUT2D eigenvalue weighted by atomic mass is 16.5. The number of hydrogen-bond donors (Lipinski definition) is 0. The van der Waals surface area contributed by atoms with Gasteiger partial charge in [-0.05, 0) is 30.7 Å². The third-order valence-corrected chi connectivity index (χ3v) is 2.73. The number of rotatable bonds is 3. The van der Waals surface area contributed by atoms with Crippen molar-refractivity contribution in [1.29, 1.82) is 0 Å². The average molecular weight is 254 g/mol. The van der Waals surface area contributed by atoms with Crippen molar-refractivity contribution in [2.45, 2.75) is 13.8 Å². The largest absolute Gasteiger partial charge is 0.426 e. The van der Waals surface area contributed by atoms with Crippen LogP contribution >= 0.6 is 0 Å². The van der Waals surface area contributed by atoms with Crippen LogP contribution in [-0.2, 0) is 4.79 Å². The molecule has 0 N–H and O–H groups in total. The Hall–Kier alpha value is -2.42. The van der Waals surface area contributed by atoms with Crippen molar-refractivity contribution in [2.24, 2.45) is 0 Å². The number of ether oxygens (including phenoxy) is 1. The maximum atomic E-state index is 12.2. The highest BCUT2D eigenvalue weighted by molar-refractivity contribution is 6.09. The summed E-state index contributed by atoms with van der Waals surface area (Å²) in [6.07, 6.45) is 0. The molecule has 0 radical (unpaired) electrons. The molecule has 0 bridgehead atoms. The molecule has 0 aromatic heterocycles. The lowest BCUT2D eigenvalue weighted by molar-refractivity contribution is -0.131. The number of esters is 1. The van der Waals surface area contributed by atoms with E-state index < -0.39 is 0 Å². The average Bonchev–Trinajstić information content (AvgIpc) is 2.41. The van der Waals surface area contributed by atoms with E-state index in [-0.39, 0.29) is 11.8 Å². The monoisotopic (exact) mass is 254 g/mol. The second-order valence-electron chi connectivity index (χ2n) is 4.27. The minimum Gasteiger partial charge on any atom is -0.426 e. The number of benzene rings is 2. The van der Waals surface area contributed by atoms with E-state index in [0.717, 1.165) is 5.56 Å². The summed E-state index contributed by atoms with van der Waals surface area (Å²) in [6.45, 7) is 3.16. The van der Waals surface area contributed by atoms with Crippen LogP contribution in [0, 0.1) is 6.92 Å². The van der Waals surface area contributed by atoms with Gasteiger partial charge in [0, 0.05) is 18.1 Å². The molecule has 0 saturated carbocycles. The Morgan fingerprint density at radius 2 is 1.63 bits per heavy atom. The third-order valence-electron chi connectivity index (χ3n) is 2.73. The molecule has 0 spiro atoms. The lowest BCUT2D eigenvalue weighted by Gasteiger charge is -2.07. The van der Waals surface area contributed by atoms with Crippen molar-refractivity contribution in [3.8, 4) is 5.75 Å². The van der Waals surface area contributed by atoms with Crippen LogP contribution < -0.4 is 4.74 Å². The molecule has 2 rings (SSSR count). The van der Waals surface area contributed by atoms with E-state index in [1.54, 1.807) is 37.3 Å². The van der Waals surface area contributed by atoms with Crippen LogP contribution in [0.25, 0.3) is 0 Å². The molecule has 0 amide bonds. The summed E-state index contributed by atoms with van der Waals surface area (Å²) < 4.78 is 5.04. The van der Waals surface area contributed by atoms with Crippen molar-refractivity contribution in [2.75, 3.05) is 0 Å². The van der Waals surface area contributed by atoms with Gasteiger partial charge in [-0.15, -0.1) is 0 Å². The first kappa shape index (κ1) is 13.0. The topological polar surface area (TPSA) is 43.4 Å². The van der Waals surface area contributed by atoms with Gasteiger partial charge in [-0.25, -0.2) is 0 Å². The van der Waals surface area contributed by atoms with Crippen LogP contribution in [0.15, 0.2) is 48.5 Å². The first-order valence-corrected chi connectivity index (χ1v) is 5.97. The molecule has 0 fully saturated rings. The number of carbonyl (C=O) groups is 2. The van der Waals surface area contributed by atoms with Crippen molar-refractivity contribution in [3.63, 3.8) is 0 Å². The van der Waals surface area contributed by atoms with Crippen LogP contribution in [0.5, 0.6) is 5.75 Å². The lowest BCUT2D eigenvalue weighted by Crippen LogP contribution is -2.05. The van der Waals surface area contributed by atoms with E-state index >= 15 is 0 Å². The number of hydrogen-bond acceptors (Lipinski definition) is 3. The van der Waals surface area contributed by atoms with Crippen molar-refractivity contribution < 1.29 is 14.3 Å². The van der Waals surface area contributed by atoms with E-state index in [9.17, 15) is 9.59 Å². The molecule has 3 heteroatoms. The number of carbonyl (C=O) groups excluding carboxylic acids is 2. The van der Waals surface area contributed by atoms with Crippen molar-refractivity contribution in [3.05, 3.63) is 65.2 Å². The highest BCUT2D eigenvalue weighted by Gasteiger charge is 2.11. The Kier molecular flexibility index (Phi) is 3.76. The lowest BCUT2D eigenvalue weighted by atomic mass is 10.0. The van der Waals surface area contributed by atoms with Gasteiger partial charge in [-0.3, -0.25) is 9.59 Å². The molecule has 0 aliphatic rings. The van der Waals surface area contributed by atoms with Crippen LogP contribution in [0.2, 0.25) is 0 Å².